The van der Waals surface area contributed by atoms with Crippen molar-refractivity contribution in [3.05, 3.63) is 63.6 Å². The van der Waals surface area contributed by atoms with E-state index in [4.69, 9.17) is 0 Å². The van der Waals surface area contributed by atoms with Crippen molar-refractivity contribution in [1.29, 1.82) is 0 Å². The number of aryl methyl sites for hydroxylation is 1. The molecule has 0 saturated carbocycles. The highest BCUT2D eigenvalue weighted by Crippen LogP contribution is 2.32. The Morgan fingerprint density at radius 2 is 1.81 bits per heavy atom. The van der Waals surface area contributed by atoms with Gasteiger partial charge in [0.15, 0.2) is 0 Å². The minimum Gasteiger partial charge on any atom is -0.322 e. The molecule has 0 aliphatic rings. The van der Waals surface area contributed by atoms with Crippen LogP contribution in [-0.2, 0) is 6.18 Å². The van der Waals surface area contributed by atoms with Crippen molar-refractivity contribution in [2.45, 2.75) is 13.1 Å². The van der Waals surface area contributed by atoms with Gasteiger partial charge in [0.25, 0.3) is 5.91 Å². The van der Waals surface area contributed by atoms with Crippen molar-refractivity contribution in [1.82, 2.24) is 0 Å². The molecule has 2 rings (SSSR count). The molecule has 0 unspecified atom stereocenters. The lowest BCUT2D eigenvalue weighted by Gasteiger charge is -2.13. The highest BCUT2D eigenvalue weighted by atomic mass is 79.9. The molecule has 0 aliphatic carbocycles. The molecule has 0 atom stereocenters. The number of anilines is 1. The molecule has 1 amide bonds. The van der Waals surface area contributed by atoms with Crippen molar-refractivity contribution in [2.24, 2.45) is 0 Å². The Balaban J connectivity index is 2.33. The van der Waals surface area contributed by atoms with E-state index < -0.39 is 23.2 Å². The van der Waals surface area contributed by atoms with Gasteiger partial charge in [0, 0.05) is 10.2 Å². The van der Waals surface area contributed by atoms with Crippen molar-refractivity contribution in [2.75, 3.05) is 5.32 Å². The van der Waals surface area contributed by atoms with Crippen LogP contribution in [0.15, 0.2) is 46.9 Å². The van der Waals surface area contributed by atoms with E-state index in [1.807, 2.05) is 0 Å². The second-order valence-corrected chi connectivity index (χ2v) is 5.37. The van der Waals surface area contributed by atoms with E-state index in [2.05, 4.69) is 21.2 Å². The highest BCUT2D eigenvalue weighted by molar-refractivity contribution is 9.10. The first-order valence-electron chi connectivity index (χ1n) is 6.03. The molecule has 0 saturated heterocycles. The Kier molecular flexibility index (Phi) is 4.37. The number of amides is 1. The topological polar surface area (TPSA) is 29.1 Å². The summed E-state index contributed by atoms with van der Waals surface area (Å²) in [5.41, 5.74) is -0.119. The first-order valence-corrected chi connectivity index (χ1v) is 6.82. The molecule has 21 heavy (non-hydrogen) atoms. The van der Waals surface area contributed by atoms with Gasteiger partial charge < -0.3 is 5.32 Å². The maximum atomic E-state index is 12.9. The molecule has 2 aromatic carbocycles. The van der Waals surface area contributed by atoms with Gasteiger partial charge >= 0.3 is 6.18 Å². The summed E-state index contributed by atoms with van der Waals surface area (Å²) in [5.74, 6) is -0.784. The lowest BCUT2D eigenvalue weighted by atomic mass is 10.1. The lowest BCUT2D eigenvalue weighted by molar-refractivity contribution is -0.137. The third-order valence-corrected chi connectivity index (χ3v) is 3.41. The third-order valence-electron chi connectivity index (χ3n) is 2.91. The minimum atomic E-state index is -4.57. The van der Waals surface area contributed by atoms with Gasteiger partial charge in [-0.05, 0) is 42.8 Å². The van der Waals surface area contributed by atoms with Crippen LogP contribution in [0.4, 0.5) is 18.9 Å². The summed E-state index contributed by atoms with van der Waals surface area (Å²) in [5, 5.41) is 2.51. The molecule has 0 fully saturated rings. The maximum absolute atomic E-state index is 12.9. The highest BCUT2D eigenvalue weighted by Gasteiger charge is 2.34. The number of halogens is 4. The second kappa shape index (κ2) is 5.89. The Labute approximate surface area is 128 Å². The fourth-order valence-corrected chi connectivity index (χ4v) is 2.36. The van der Waals surface area contributed by atoms with E-state index in [1.165, 1.54) is 12.1 Å². The monoisotopic (exact) mass is 357 g/mol. The van der Waals surface area contributed by atoms with Gasteiger partial charge in [-0.3, -0.25) is 4.79 Å². The fraction of sp³-hybridized carbons (Fsp3) is 0.133. The van der Waals surface area contributed by atoms with Crippen LogP contribution in [0.2, 0.25) is 0 Å². The van der Waals surface area contributed by atoms with E-state index in [0.29, 0.717) is 5.69 Å². The number of carbonyl (C=O) groups is 1. The van der Waals surface area contributed by atoms with E-state index in [1.54, 1.807) is 25.1 Å². The van der Waals surface area contributed by atoms with Crippen LogP contribution in [0, 0.1) is 6.92 Å². The van der Waals surface area contributed by atoms with Crippen LogP contribution >= 0.6 is 15.9 Å². The average molecular weight is 358 g/mol. The average Bonchev–Trinajstić information content (AvgIpc) is 2.41. The molecular weight excluding hydrogens is 347 g/mol. The zero-order valence-electron chi connectivity index (χ0n) is 11.0. The minimum absolute atomic E-state index is 0.396. The zero-order chi connectivity index (χ0) is 15.6. The van der Waals surface area contributed by atoms with Crippen molar-refractivity contribution in [3.8, 4) is 0 Å². The summed E-state index contributed by atoms with van der Waals surface area (Å²) >= 11 is 3.28. The van der Waals surface area contributed by atoms with Crippen LogP contribution in [0.3, 0.4) is 0 Å². The molecule has 110 valence electrons. The number of hydrogen-bond acceptors (Lipinski definition) is 1. The number of alkyl halides is 3. The number of benzene rings is 2. The number of carbonyl (C=O) groups excluding carboxylic acids is 1. The van der Waals surface area contributed by atoms with Crippen LogP contribution in [0.5, 0.6) is 0 Å². The summed E-state index contributed by atoms with van der Waals surface area (Å²) in [7, 11) is 0. The quantitative estimate of drug-likeness (QED) is 0.802. The predicted octanol–water partition coefficient (Wildman–Crippen LogP) is 5.03. The molecule has 0 spiro atoms. The Morgan fingerprint density at radius 1 is 1.14 bits per heavy atom. The second-order valence-electron chi connectivity index (χ2n) is 4.46. The van der Waals surface area contributed by atoms with E-state index in [-0.39, 0.29) is 0 Å². The molecule has 6 heteroatoms. The van der Waals surface area contributed by atoms with Gasteiger partial charge in [-0.2, -0.15) is 13.2 Å². The van der Waals surface area contributed by atoms with Crippen molar-refractivity contribution < 1.29 is 18.0 Å². The molecule has 0 aliphatic heterocycles. The molecule has 0 bridgehead atoms. The number of hydrogen-bond donors (Lipinski definition) is 1. The van der Waals surface area contributed by atoms with Gasteiger partial charge in [0.2, 0.25) is 0 Å². The van der Waals surface area contributed by atoms with Gasteiger partial charge in [-0.15, -0.1) is 0 Å². The predicted molar refractivity (Wildman–Crippen MR) is 78.3 cm³/mol. The summed E-state index contributed by atoms with van der Waals surface area (Å²) in [4.78, 5) is 12.1. The molecule has 2 nitrogen and oxygen atoms in total. The lowest BCUT2D eigenvalue weighted by Crippen LogP contribution is -2.19. The standard InChI is InChI=1S/C15H11BrF3NO/c1-9-8-10(16)6-7-13(9)20-14(21)11-4-2-3-5-12(11)15(17,18)19/h2-8H,1H3,(H,20,21). The normalized spacial score (nSPS) is 11.3. The number of rotatable bonds is 2. The number of nitrogens with one attached hydrogen (secondary N) is 1. The van der Waals surface area contributed by atoms with Crippen LogP contribution in [0.25, 0.3) is 0 Å². The molecule has 1 N–H and O–H groups in total. The van der Waals surface area contributed by atoms with E-state index in [9.17, 15) is 18.0 Å². The maximum Gasteiger partial charge on any atom is 0.417 e. The smallest absolute Gasteiger partial charge is 0.322 e. The van der Waals surface area contributed by atoms with Crippen LogP contribution < -0.4 is 5.32 Å². The van der Waals surface area contributed by atoms with Crippen LogP contribution in [-0.4, -0.2) is 5.91 Å². The van der Waals surface area contributed by atoms with Crippen molar-refractivity contribution in [3.63, 3.8) is 0 Å². The van der Waals surface area contributed by atoms with Gasteiger partial charge in [0.1, 0.15) is 0 Å². The van der Waals surface area contributed by atoms with E-state index >= 15 is 0 Å². The molecular formula is C15H11BrF3NO. The SMILES string of the molecule is Cc1cc(Br)ccc1NC(=O)c1ccccc1C(F)(F)F. The fourth-order valence-electron chi connectivity index (χ4n) is 1.89. The summed E-state index contributed by atoms with van der Waals surface area (Å²) in [6, 6.07) is 9.82. The first kappa shape index (κ1) is 15.6. The molecule has 0 heterocycles. The van der Waals surface area contributed by atoms with Gasteiger partial charge in [0.05, 0.1) is 11.1 Å². The summed E-state index contributed by atoms with van der Waals surface area (Å²) in [6.45, 7) is 1.76. The first-order chi connectivity index (χ1) is 9.79. The Bertz CT molecular complexity index is 683. The summed E-state index contributed by atoms with van der Waals surface area (Å²) < 4.78 is 39.5. The molecule has 2 aromatic rings. The largest absolute Gasteiger partial charge is 0.417 e. The van der Waals surface area contributed by atoms with Crippen molar-refractivity contribution >= 4 is 27.5 Å². The Morgan fingerprint density at radius 3 is 2.43 bits per heavy atom. The molecule has 0 radical (unpaired) electrons. The van der Waals surface area contributed by atoms with Crippen LogP contribution in [0.1, 0.15) is 21.5 Å². The summed E-state index contributed by atoms with van der Waals surface area (Å²) in [6.07, 6.45) is -4.57. The van der Waals surface area contributed by atoms with Gasteiger partial charge in [-0.25, -0.2) is 0 Å². The zero-order valence-corrected chi connectivity index (χ0v) is 12.5. The van der Waals surface area contributed by atoms with Gasteiger partial charge in [-0.1, -0.05) is 28.1 Å². The third kappa shape index (κ3) is 3.64. The van der Waals surface area contributed by atoms with E-state index in [0.717, 1.165) is 22.2 Å². The molecule has 0 aromatic heterocycles. The Hall–Kier alpha value is -1.82.